The minimum absolute atomic E-state index is 0.132. The van der Waals surface area contributed by atoms with Crippen LogP contribution in [0.5, 0.6) is 0 Å². The summed E-state index contributed by atoms with van der Waals surface area (Å²) in [5.41, 5.74) is 0.887. The molecular formula is C13H18O3. The van der Waals surface area contributed by atoms with E-state index < -0.39 is 6.10 Å². The fourth-order valence-corrected chi connectivity index (χ4v) is 1.81. The van der Waals surface area contributed by atoms with Crippen molar-refractivity contribution in [1.29, 1.82) is 0 Å². The van der Waals surface area contributed by atoms with E-state index in [0.29, 0.717) is 6.61 Å². The Morgan fingerprint density at radius 3 is 2.81 bits per heavy atom. The van der Waals surface area contributed by atoms with Crippen LogP contribution in [0.25, 0.3) is 0 Å². The monoisotopic (exact) mass is 222 g/mol. The first-order valence-electron chi connectivity index (χ1n) is 5.82. The Kier molecular flexibility index (Phi) is 4.34. The molecule has 1 aliphatic rings. The Morgan fingerprint density at radius 1 is 1.31 bits per heavy atom. The smallest absolute Gasteiger partial charge is 0.157 e. The fraction of sp³-hybridized carbons (Fsp3) is 0.538. The van der Waals surface area contributed by atoms with Gasteiger partial charge in [-0.15, -0.1) is 0 Å². The maximum atomic E-state index is 9.87. The van der Waals surface area contributed by atoms with Crippen LogP contribution in [0.15, 0.2) is 30.3 Å². The number of hydrogen-bond donors (Lipinski definition) is 1. The molecule has 1 aromatic rings. The lowest BCUT2D eigenvalue weighted by Gasteiger charge is -2.24. The van der Waals surface area contributed by atoms with Crippen LogP contribution in [0.4, 0.5) is 0 Å². The van der Waals surface area contributed by atoms with E-state index in [4.69, 9.17) is 9.47 Å². The summed E-state index contributed by atoms with van der Waals surface area (Å²) in [4.78, 5) is 0. The largest absolute Gasteiger partial charge is 0.386 e. The van der Waals surface area contributed by atoms with Gasteiger partial charge in [-0.05, 0) is 24.8 Å². The van der Waals surface area contributed by atoms with Crippen molar-refractivity contribution in [1.82, 2.24) is 0 Å². The molecule has 0 aromatic heterocycles. The number of benzene rings is 1. The second kappa shape index (κ2) is 5.99. The SMILES string of the molecule is O[C@@H](COC1CCCCO1)c1ccccc1. The summed E-state index contributed by atoms with van der Waals surface area (Å²) in [6, 6.07) is 9.55. The molecule has 1 aliphatic heterocycles. The maximum Gasteiger partial charge on any atom is 0.157 e. The molecule has 3 nitrogen and oxygen atoms in total. The van der Waals surface area contributed by atoms with Crippen LogP contribution in [0.3, 0.4) is 0 Å². The van der Waals surface area contributed by atoms with Crippen molar-refractivity contribution >= 4 is 0 Å². The van der Waals surface area contributed by atoms with Gasteiger partial charge in [0.15, 0.2) is 6.29 Å². The average molecular weight is 222 g/mol. The summed E-state index contributed by atoms with van der Waals surface area (Å²) < 4.78 is 11.0. The molecule has 3 heteroatoms. The van der Waals surface area contributed by atoms with Gasteiger partial charge in [0.05, 0.1) is 6.61 Å². The van der Waals surface area contributed by atoms with Gasteiger partial charge in [-0.1, -0.05) is 30.3 Å². The number of hydrogen-bond acceptors (Lipinski definition) is 3. The zero-order valence-electron chi connectivity index (χ0n) is 9.34. The molecule has 0 aliphatic carbocycles. The Labute approximate surface area is 96.0 Å². The predicted octanol–water partition coefficient (Wildman–Crippen LogP) is 2.26. The molecule has 1 N–H and O–H groups in total. The van der Waals surface area contributed by atoms with Crippen LogP contribution < -0.4 is 0 Å². The third-order valence-corrected chi connectivity index (χ3v) is 2.76. The van der Waals surface area contributed by atoms with E-state index in [0.717, 1.165) is 31.4 Å². The highest BCUT2D eigenvalue weighted by Crippen LogP contribution is 2.17. The first-order chi connectivity index (χ1) is 7.86. The zero-order valence-corrected chi connectivity index (χ0v) is 9.34. The second-order valence-electron chi connectivity index (χ2n) is 4.06. The van der Waals surface area contributed by atoms with Gasteiger partial charge >= 0.3 is 0 Å². The minimum atomic E-state index is -0.563. The summed E-state index contributed by atoms with van der Waals surface area (Å²) in [6.07, 6.45) is 2.49. The normalized spacial score (nSPS) is 22.9. The molecule has 0 spiro atoms. The molecule has 1 heterocycles. The summed E-state index contributed by atoms with van der Waals surface area (Å²) in [7, 11) is 0. The van der Waals surface area contributed by atoms with E-state index in [2.05, 4.69) is 0 Å². The number of aliphatic hydroxyl groups excluding tert-OH is 1. The molecule has 2 rings (SSSR count). The van der Waals surface area contributed by atoms with Crippen molar-refractivity contribution < 1.29 is 14.6 Å². The van der Waals surface area contributed by atoms with Gasteiger partial charge in [-0.3, -0.25) is 0 Å². The summed E-state index contributed by atoms with van der Waals surface area (Å²) in [5.74, 6) is 0. The van der Waals surface area contributed by atoms with E-state index in [9.17, 15) is 5.11 Å². The van der Waals surface area contributed by atoms with Crippen LogP contribution in [0, 0.1) is 0 Å². The predicted molar refractivity (Wildman–Crippen MR) is 60.9 cm³/mol. The molecule has 1 saturated heterocycles. The Morgan fingerprint density at radius 2 is 2.12 bits per heavy atom. The van der Waals surface area contributed by atoms with Gasteiger partial charge in [0.1, 0.15) is 6.10 Å². The van der Waals surface area contributed by atoms with Crippen LogP contribution in [-0.4, -0.2) is 24.6 Å². The molecule has 1 fully saturated rings. The van der Waals surface area contributed by atoms with Crippen LogP contribution >= 0.6 is 0 Å². The molecule has 0 radical (unpaired) electrons. The quantitative estimate of drug-likeness (QED) is 0.849. The van der Waals surface area contributed by atoms with E-state index in [1.807, 2.05) is 30.3 Å². The number of aliphatic hydroxyl groups is 1. The topological polar surface area (TPSA) is 38.7 Å². The van der Waals surface area contributed by atoms with Crippen LogP contribution in [0.1, 0.15) is 30.9 Å². The summed E-state index contributed by atoms with van der Waals surface area (Å²) >= 11 is 0. The highest BCUT2D eigenvalue weighted by atomic mass is 16.7. The Balaban J connectivity index is 1.77. The van der Waals surface area contributed by atoms with E-state index in [1.54, 1.807) is 0 Å². The number of ether oxygens (including phenoxy) is 2. The van der Waals surface area contributed by atoms with Gasteiger partial charge in [0, 0.05) is 6.61 Å². The lowest BCUT2D eigenvalue weighted by atomic mass is 10.1. The third-order valence-electron chi connectivity index (χ3n) is 2.76. The van der Waals surface area contributed by atoms with Crippen molar-refractivity contribution in [3.05, 3.63) is 35.9 Å². The Bertz CT molecular complexity index is 293. The first-order valence-corrected chi connectivity index (χ1v) is 5.82. The van der Waals surface area contributed by atoms with Crippen LogP contribution in [0.2, 0.25) is 0 Å². The van der Waals surface area contributed by atoms with E-state index in [1.165, 1.54) is 0 Å². The molecule has 0 saturated carbocycles. The average Bonchev–Trinajstić information content (AvgIpc) is 2.38. The van der Waals surface area contributed by atoms with Gasteiger partial charge in [0.25, 0.3) is 0 Å². The molecule has 0 bridgehead atoms. The highest BCUT2D eigenvalue weighted by molar-refractivity contribution is 5.17. The minimum Gasteiger partial charge on any atom is -0.386 e. The van der Waals surface area contributed by atoms with Crippen molar-refractivity contribution in [2.24, 2.45) is 0 Å². The van der Waals surface area contributed by atoms with Crippen LogP contribution in [-0.2, 0) is 9.47 Å². The lowest BCUT2D eigenvalue weighted by Crippen LogP contribution is -2.24. The molecule has 0 amide bonds. The fourth-order valence-electron chi connectivity index (χ4n) is 1.81. The highest BCUT2D eigenvalue weighted by Gasteiger charge is 2.16. The molecule has 1 unspecified atom stereocenters. The molecule has 16 heavy (non-hydrogen) atoms. The van der Waals surface area contributed by atoms with Crippen molar-refractivity contribution in [3.8, 4) is 0 Å². The zero-order chi connectivity index (χ0) is 11.2. The van der Waals surface area contributed by atoms with Gasteiger partial charge in [0.2, 0.25) is 0 Å². The maximum absolute atomic E-state index is 9.87. The lowest BCUT2D eigenvalue weighted by molar-refractivity contribution is -0.175. The van der Waals surface area contributed by atoms with E-state index in [-0.39, 0.29) is 6.29 Å². The molecule has 2 atom stereocenters. The molecule has 1 aromatic carbocycles. The summed E-state index contributed by atoms with van der Waals surface area (Å²) in [6.45, 7) is 1.07. The molecular weight excluding hydrogens is 204 g/mol. The number of rotatable bonds is 4. The first kappa shape index (κ1) is 11.6. The third kappa shape index (κ3) is 3.30. The second-order valence-corrected chi connectivity index (χ2v) is 4.06. The van der Waals surface area contributed by atoms with E-state index >= 15 is 0 Å². The molecule has 88 valence electrons. The summed E-state index contributed by atoms with van der Waals surface area (Å²) in [5, 5.41) is 9.87. The van der Waals surface area contributed by atoms with Gasteiger partial charge < -0.3 is 14.6 Å². The van der Waals surface area contributed by atoms with Gasteiger partial charge in [-0.25, -0.2) is 0 Å². The Hall–Kier alpha value is -0.900. The van der Waals surface area contributed by atoms with Gasteiger partial charge in [-0.2, -0.15) is 0 Å². The van der Waals surface area contributed by atoms with Crippen molar-refractivity contribution in [2.75, 3.05) is 13.2 Å². The standard InChI is InChI=1S/C13H18O3/c14-12(11-6-2-1-3-7-11)10-16-13-8-4-5-9-15-13/h1-3,6-7,12-14H,4-5,8-10H2/t12-,13?/m0/s1. The van der Waals surface area contributed by atoms with Crippen molar-refractivity contribution in [2.45, 2.75) is 31.7 Å². The van der Waals surface area contributed by atoms with Crippen molar-refractivity contribution in [3.63, 3.8) is 0 Å².